The van der Waals surface area contributed by atoms with Crippen molar-refractivity contribution in [2.24, 2.45) is 5.41 Å². The lowest BCUT2D eigenvalue weighted by Gasteiger charge is -2.10. The molecule has 0 saturated heterocycles. The minimum absolute atomic E-state index is 0.230. The van der Waals surface area contributed by atoms with Gasteiger partial charge in [0.1, 0.15) is 17.7 Å². The van der Waals surface area contributed by atoms with E-state index < -0.39 is 0 Å². The van der Waals surface area contributed by atoms with Crippen LogP contribution in [0.2, 0.25) is 0 Å². The van der Waals surface area contributed by atoms with Crippen LogP contribution in [0, 0.1) is 19.3 Å². The van der Waals surface area contributed by atoms with Crippen LogP contribution in [-0.2, 0) is 13.0 Å². The molecular formula is C22H25N5OS. The molecule has 1 N–H and O–H groups in total. The Bertz CT molecular complexity index is 1040. The van der Waals surface area contributed by atoms with Crippen molar-refractivity contribution in [2.45, 2.75) is 58.6 Å². The number of aromatic nitrogens is 4. The normalized spacial score (nSPS) is 24.5. The predicted octanol–water partition coefficient (Wildman–Crippen LogP) is 4.44. The van der Waals surface area contributed by atoms with Crippen molar-refractivity contribution in [1.29, 1.82) is 0 Å². The van der Waals surface area contributed by atoms with Gasteiger partial charge in [0.25, 0.3) is 0 Å². The third-order valence-electron chi connectivity index (χ3n) is 5.97. The lowest BCUT2D eigenvalue weighted by molar-refractivity contribution is 0.266. The fourth-order valence-electron chi connectivity index (χ4n) is 4.16. The molecule has 2 aliphatic carbocycles. The van der Waals surface area contributed by atoms with Gasteiger partial charge in [-0.15, -0.1) is 11.3 Å². The third-order valence-corrected chi connectivity index (χ3v) is 7.04. The number of aryl methyl sites for hydroxylation is 3. The Labute approximate surface area is 174 Å². The minimum atomic E-state index is 0.230. The van der Waals surface area contributed by atoms with Crippen LogP contribution < -0.4 is 10.1 Å². The van der Waals surface area contributed by atoms with Gasteiger partial charge in [-0.25, -0.2) is 9.97 Å². The molecule has 7 heteroatoms. The standard InChI is InChI=1S/C22H25N5OS/c1-4-19-26-20(24-12-17-13(2)25-14(3)29-17)9-21(27-19)28-18-11-22(18)10-15(22)16-7-5-6-8-23-16/h5-9,15,18H,4,10-12H2,1-3H3,(H,24,26,27)/t15?,18-,22?/m1/s1. The Morgan fingerprint density at radius 2 is 2.10 bits per heavy atom. The van der Waals surface area contributed by atoms with E-state index in [-0.39, 0.29) is 11.5 Å². The average molecular weight is 408 g/mol. The molecule has 6 nitrogen and oxygen atoms in total. The van der Waals surface area contributed by atoms with Crippen LogP contribution >= 0.6 is 11.3 Å². The van der Waals surface area contributed by atoms with Crippen LogP contribution in [0.25, 0.3) is 0 Å². The minimum Gasteiger partial charge on any atom is -0.474 e. The molecule has 150 valence electrons. The fraction of sp³-hybridized carbons (Fsp3) is 0.455. The van der Waals surface area contributed by atoms with Crippen LogP contribution in [0.3, 0.4) is 0 Å². The summed E-state index contributed by atoms with van der Waals surface area (Å²) in [7, 11) is 0. The molecule has 3 aromatic rings. The maximum atomic E-state index is 6.29. The summed E-state index contributed by atoms with van der Waals surface area (Å²) in [5.74, 6) is 2.81. The van der Waals surface area contributed by atoms with Gasteiger partial charge in [0.15, 0.2) is 0 Å². The van der Waals surface area contributed by atoms with Crippen molar-refractivity contribution in [2.75, 3.05) is 5.32 Å². The molecule has 0 aromatic carbocycles. The van der Waals surface area contributed by atoms with Crippen molar-refractivity contribution >= 4 is 17.2 Å². The second-order valence-corrected chi connectivity index (χ2v) is 9.30. The summed E-state index contributed by atoms with van der Waals surface area (Å²) in [6.07, 6.45) is 5.13. The van der Waals surface area contributed by atoms with E-state index in [1.807, 2.05) is 32.2 Å². The van der Waals surface area contributed by atoms with E-state index in [2.05, 4.69) is 44.3 Å². The molecule has 2 saturated carbocycles. The maximum Gasteiger partial charge on any atom is 0.219 e. The zero-order valence-corrected chi connectivity index (χ0v) is 17.8. The van der Waals surface area contributed by atoms with Crippen molar-refractivity contribution in [1.82, 2.24) is 19.9 Å². The van der Waals surface area contributed by atoms with Crippen LogP contribution in [0.15, 0.2) is 30.5 Å². The second-order valence-electron chi connectivity index (χ2n) is 8.01. The molecule has 0 radical (unpaired) electrons. The van der Waals surface area contributed by atoms with Gasteiger partial charge in [0.2, 0.25) is 5.88 Å². The van der Waals surface area contributed by atoms with Crippen molar-refractivity contribution in [3.8, 4) is 5.88 Å². The van der Waals surface area contributed by atoms with E-state index in [0.717, 1.165) is 41.6 Å². The predicted molar refractivity (Wildman–Crippen MR) is 113 cm³/mol. The molecule has 3 atom stereocenters. The van der Waals surface area contributed by atoms with Crippen molar-refractivity contribution in [3.05, 3.63) is 57.6 Å². The van der Waals surface area contributed by atoms with Crippen LogP contribution in [0.5, 0.6) is 5.88 Å². The van der Waals surface area contributed by atoms with Crippen LogP contribution in [0.4, 0.5) is 5.82 Å². The van der Waals surface area contributed by atoms with Crippen LogP contribution in [0.1, 0.15) is 52.8 Å². The Morgan fingerprint density at radius 3 is 2.83 bits per heavy atom. The lowest BCUT2D eigenvalue weighted by Crippen LogP contribution is -2.08. The smallest absolute Gasteiger partial charge is 0.219 e. The van der Waals surface area contributed by atoms with E-state index in [4.69, 9.17) is 4.74 Å². The number of thiazole rings is 1. The van der Waals surface area contributed by atoms with Gasteiger partial charge < -0.3 is 10.1 Å². The molecule has 2 unspecified atom stereocenters. The van der Waals surface area contributed by atoms with E-state index >= 15 is 0 Å². The summed E-state index contributed by atoms with van der Waals surface area (Å²) in [6, 6.07) is 8.08. The number of nitrogens with zero attached hydrogens (tertiary/aromatic N) is 4. The summed E-state index contributed by atoms with van der Waals surface area (Å²) < 4.78 is 6.29. The van der Waals surface area contributed by atoms with Gasteiger partial charge in [-0.05, 0) is 38.8 Å². The topological polar surface area (TPSA) is 72.8 Å². The van der Waals surface area contributed by atoms with E-state index in [9.17, 15) is 0 Å². The highest BCUT2D eigenvalue weighted by molar-refractivity contribution is 7.11. The average Bonchev–Trinajstić information content (AvgIpc) is 3.59. The number of hydrogen-bond donors (Lipinski definition) is 1. The van der Waals surface area contributed by atoms with Gasteiger partial charge in [0.05, 0.1) is 17.2 Å². The zero-order chi connectivity index (χ0) is 20.0. The molecule has 2 aliphatic rings. The number of rotatable bonds is 7. The summed E-state index contributed by atoms with van der Waals surface area (Å²) in [5, 5.41) is 4.51. The fourth-order valence-corrected chi connectivity index (χ4v) is 5.04. The number of pyridine rings is 1. The summed E-state index contributed by atoms with van der Waals surface area (Å²) >= 11 is 1.72. The third kappa shape index (κ3) is 3.59. The van der Waals surface area contributed by atoms with E-state index in [0.29, 0.717) is 18.3 Å². The molecular weight excluding hydrogens is 382 g/mol. The van der Waals surface area contributed by atoms with Crippen molar-refractivity contribution in [3.63, 3.8) is 0 Å². The first-order valence-electron chi connectivity index (χ1n) is 10.2. The quantitative estimate of drug-likeness (QED) is 0.624. The molecule has 5 rings (SSSR count). The molecule has 1 spiro atoms. The highest BCUT2D eigenvalue weighted by Gasteiger charge is 2.73. The first-order valence-corrected chi connectivity index (χ1v) is 11.0. The molecule has 3 aromatic heterocycles. The second kappa shape index (κ2) is 7.06. The largest absolute Gasteiger partial charge is 0.474 e. The van der Waals surface area contributed by atoms with E-state index in [1.54, 1.807) is 11.3 Å². The Kier molecular flexibility index (Phi) is 4.50. The van der Waals surface area contributed by atoms with Gasteiger partial charge >= 0.3 is 0 Å². The number of anilines is 1. The monoisotopic (exact) mass is 407 g/mol. The summed E-state index contributed by atoms with van der Waals surface area (Å²) in [6.45, 7) is 6.86. The van der Waals surface area contributed by atoms with E-state index in [1.165, 1.54) is 10.6 Å². The molecule has 0 aliphatic heterocycles. The zero-order valence-electron chi connectivity index (χ0n) is 17.0. The Balaban J connectivity index is 1.26. The molecule has 29 heavy (non-hydrogen) atoms. The number of ether oxygens (including phenoxy) is 1. The summed E-state index contributed by atoms with van der Waals surface area (Å²) in [5.41, 5.74) is 2.54. The Morgan fingerprint density at radius 1 is 1.21 bits per heavy atom. The highest BCUT2D eigenvalue weighted by atomic mass is 32.1. The molecule has 3 heterocycles. The Hall–Kier alpha value is -2.54. The van der Waals surface area contributed by atoms with Crippen LogP contribution in [-0.4, -0.2) is 26.0 Å². The molecule has 0 bridgehead atoms. The van der Waals surface area contributed by atoms with Gasteiger partial charge in [-0.2, -0.15) is 4.98 Å². The first-order chi connectivity index (χ1) is 14.1. The highest BCUT2D eigenvalue weighted by Crippen LogP contribution is 2.75. The maximum absolute atomic E-state index is 6.29. The lowest BCUT2D eigenvalue weighted by atomic mass is 10.2. The SMILES string of the molecule is CCc1nc(NCc2sc(C)nc2C)cc(O[C@@H]2CC23CC3c2ccccn2)n1. The molecule has 2 fully saturated rings. The van der Waals surface area contributed by atoms with Gasteiger partial charge in [-0.1, -0.05) is 13.0 Å². The van der Waals surface area contributed by atoms with Crippen molar-refractivity contribution < 1.29 is 4.74 Å². The summed E-state index contributed by atoms with van der Waals surface area (Å²) in [4.78, 5) is 19.5. The number of hydrogen-bond acceptors (Lipinski definition) is 7. The first kappa shape index (κ1) is 18.5. The van der Waals surface area contributed by atoms with Gasteiger partial charge in [0, 0.05) is 40.6 Å². The van der Waals surface area contributed by atoms with Gasteiger partial charge in [-0.3, -0.25) is 4.98 Å². The number of nitrogens with one attached hydrogen (secondary N) is 1. The molecule has 0 amide bonds.